The van der Waals surface area contributed by atoms with Gasteiger partial charge in [-0.3, -0.25) is 19.3 Å². The normalized spacial score (nSPS) is 14.0. The molecule has 0 saturated carbocycles. The lowest BCUT2D eigenvalue weighted by Crippen LogP contribution is -2.32. The van der Waals surface area contributed by atoms with Gasteiger partial charge in [0.15, 0.2) is 5.78 Å². The fraction of sp³-hybridized carbons (Fsp3) is 0.444. The average molecular weight is 362 g/mol. The van der Waals surface area contributed by atoms with Crippen molar-refractivity contribution in [2.45, 2.75) is 26.4 Å². The third-order valence-corrected chi connectivity index (χ3v) is 4.07. The van der Waals surface area contributed by atoms with Crippen molar-refractivity contribution in [2.75, 3.05) is 27.2 Å². The molecule has 0 unspecified atom stereocenters. The van der Waals surface area contributed by atoms with Crippen LogP contribution >= 0.6 is 0 Å². The number of benzene rings is 1. The molecule has 0 radical (unpaired) electrons. The molecule has 0 aliphatic carbocycles. The number of nitrogens with zero attached hydrogens (tertiary/aromatic N) is 2. The van der Waals surface area contributed by atoms with Gasteiger partial charge in [-0.1, -0.05) is 0 Å². The predicted molar refractivity (Wildman–Crippen MR) is 91.8 cm³/mol. The molecule has 0 aromatic heterocycles. The second-order valence-electron chi connectivity index (χ2n) is 6.03. The number of carbonyl (C=O) groups is 4. The number of likely N-dealkylation sites (N-methyl/N-ethyl adjacent to an activating group) is 1. The molecule has 1 aromatic rings. The molecule has 1 heterocycles. The van der Waals surface area contributed by atoms with Crippen LogP contribution in [0.2, 0.25) is 0 Å². The second kappa shape index (κ2) is 8.46. The molecular weight excluding hydrogens is 340 g/mol. The summed E-state index contributed by atoms with van der Waals surface area (Å²) >= 11 is 0. The highest BCUT2D eigenvalue weighted by Gasteiger charge is 2.32. The van der Waals surface area contributed by atoms with E-state index in [-0.39, 0.29) is 43.8 Å². The van der Waals surface area contributed by atoms with Crippen LogP contribution in [-0.2, 0) is 20.9 Å². The molecule has 0 N–H and O–H groups in total. The smallest absolute Gasteiger partial charge is 0.326 e. The molecule has 2 rings (SSSR count). The number of ether oxygens (including phenoxy) is 2. The van der Waals surface area contributed by atoms with Crippen molar-refractivity contribution < 1.29 is 28.7 Å². The van der Waals surface area contributed by atoms with E-state index in [1.807, 2.05) is 0 Å². The van der Waals surface area contributed by atoms with E-state index in [4.69, 9.17) is 9.47 Å². The molecular formula is C18H22N2O6. The highest BCUT2D eigenvalue weighted by molar-refractivity contribution is 6.01. The Balaban J connectivity index is 1.84. The van der Waals surface area contributed by atoms with Gasteiger partial charge in [-0.2, -0.15) is 0 Å². The summed E-state index contributed by atoms with van der Waals surface area (Å²) in [7, 11) is 3.05. The summed E-state index contributed by atoms with van der Waals surface area (Å²) in [4.78, 5) is 49.2. The van der Waals surface area contributed by atoms with Gasteiger partial charge in [0, 0.05) is 31.1 Å². The first kappa shape index (κ1) is 19.4. The van der Waals surface area contributed by atoms with E-state index in [2.05, 4.69) is 0 Å². The summed E-state index contributed by atoms with van der Waals surface area (Å²) in [6.45, 7) is 1.68. The first-order valence-electron chi connectivity index (χ1n) is 8.22. The molecule has 1 fully saturated rings. The van der Waals surface area contributed by atoms with Crippen LogP contribution in [0, 0.1) is 0 Å². The summed E-state index contributed by atoms with van der Waals surface area (Å²) in [5.74, 6) is -0.284. The minimum atomic E-state index is -0.451. The summed E-state index contributed by atoms with van der Waals surface area (Å²) in [6, 6.07) is 4.58. The maximum Gasteiger partial charge on any atom is 0.326 e. The maximum atomic E-state index is 11.9. The minimum absolute atomic E-state index is 0.0204. The van der Waals surface area contributed by atoms with Crippen molar-refractivity contribution >= 4 is 23.7 Å². The van der Waals surface area contributed by atoms with E-state index in [9.17, 15) is 19.2 Å². The minimum Gasteiger partial charge on any atom is -0.496 e. The fourth-order valence-corrected chi connectivity index (χ4v) is 2.61. The number of esters is 1. The van der Waals surface area contributed by atoms with Gasteiger partial charge in [-0.05, 0) is 31.5 Å². The van der Waals surface area contributed by atoms with E-state index in [1.54, 1.807) is 25.2 Å². The van der Waals surface area contributed by atoms with Gasteiger partial charge in [-0.25, -0.2) is 4.79 Å². The Hall–Kier alpha value is -2.90. The molecule has 8 nitrogen and oxygen atoms in total. The Kier molecular flexibility index (Phi) is 6.32. The fourth-order valence-electron chi connectivity index (χ4n) is 2.61. The molecule has 1 aliphatic heterocycles. The lowest BCUT2D eigenvalue weighted by molar-refractivity contribution is -0.145. The van der Waals surface area contributed by atoms with Gasteiger partial charge in [0.05, 0.1) is 7.11 Å². The number of carbonyl (C=O) groups excluding carboxylic acids is 4. The monoisotopic (exact) mass is 362 g/mol. The van der Waals surface area contributed by atoms with Crippen LogP contribution in [0.15, 0.2) is 18.2 Å². The van der Waals surface area contributed by atoms with Crippen LogP contribution in [-0.4, -0.2) is 60.7 Å². The zero-order valence-corrected chi connectivity index (χ0v) is 15.1. The number of hydrogen-bond acceptors (Lipinski definition) is 6. The molecule has 0 atom stereocenters. The Morgan fingerprint density at radius 3 is 2.54 bits per heavy atom. The highest BCUT2D eigenvalue weighted by Crippen LogP contribution is 2.21. The Morgan fingerprint density at radius 1 is 1.23 bits per heavy atom. The maximum absolute atomic E-state index is 11.9. The molecule has 1 aliphatic rings. The van der Waals surface area contributed by atoms with Gasteiger partial charge in [0.1, 0.15) is 18.9 Å². The van der Waals surface area contributed by atoms with Crippen molar-refractivity contribution in [1.82, 2.24) is 9.80 Å². The molecule has 26 heavy (non-hydrogen) atoms. The number of imide groups is 1. The zero-order valence-electron chi connectivity index (χ0n) is 15.1. The highest BCUT2D eigenvalue weighted by atomic mass is 16.5. The number of rotatable bonds is 8. The second-order valence-corrected chi connectivity index (χ2v) is 6.03. The number of ketones is 1. The van der Waals surface area contributed by atoms with Crippen LogP contribution in [0.25, 0.3) is 0 Å². The predicted octanol–water partition coefficient (Wildman–Crippen LogP) is 1.62. The molecule has 140 valence electrons. The molecule has 1 saturated heterocycles. The summed E-state index contributed by atoms with van der Waals surface area (Å²) in [6.07, 6.45) is 0.407. The number of Topliss-reactive ketones (excluding diaryl/α,β-unsaturated/α-hetero) is 1. The van der Waals surface area contributed by atoms with Crippen LogP contribution in [0.3, 0.4) is 0 Å². The van der Waals surface area contributed by atoms with Crippen LogP contribution in [0.1, 0.15) is 35.7 Å². The van der Waals surface area contributed by atoms with Gasteiger partial charge in [0.2, 0.25) is 5.91 Å². The Labute approximate surface area is 151 Å². The number of amides is 3. The topological polar surface area (TPSA) is 93.2 Å². The van der Waals surface area contributed by atoms with Crippen molar-refractivity contribution in [3.63, 3.8) is 0 Å². The molecule has 0 bridgehead atoms. The van der Waals surface area contributed by atoms with Crippen LogP contribution in [0.4, 0.5) is 4.79 Å². The summed E-state index contributed by atoms with van der Waals surface area (Å²) < 4.78 is 10.4. The standard InChI is InChI=1S/C18H22N2O6/c1-12(21)13-6-7-15(25-3)14(9-13)11-26-17(23)5-4-8-20-16(22)10-19(2)18(20)24/h6-7,9H,4-5,8,10-11H2,1-3H3. The van der Waals surface area contributed by atoms with E-state index in [1.165, 1.54) is 18.9 Å². The third-order valence-electron chi connectivity index (χ3n) is 4.07. The van der Waals surface area contributed by atoms with Crippen molar-refractivity contribution in [3.05, 3.63) is 29.3 Å². The van der Waals surface area contributed by atoms with Gasteiger partial charge < -0.3 is 14.4 Å². The molecule has 0 spiro atoms. The SMILES string of the molecule is COc1ccc(C(C)=O)cc1COC(=O)CCCN1C(=O)CN(C)C1=O. The zero-order chi connectivity index (χ0) is 19.3. The van der Waals surface area contributed by atoms with Crippen LogP contribution in [0.5, 0.6) is 5.75 Å². The van der Waals surface area contributed by atoms with Gasteiger partial charge >= 0.3 is 12.0 Å². The molecule has 1 aromatic carbocycles. The largest absolute Gasteiger partial charge is 0.496 e. The molecule has 8 heteroatoms. The first-order valence-corrected chi connectivity index (χ1v) is 8.22. The van der Waals surface area contributed by atoms with Gasteiger partial charge in [-0.15, -0.1) is 0 Å². The number of methoxy groups -OCH3 is 1. The lowest BCUT2D eigenvalue weighted by Gasteiger charge is -2.14. The first-order chi connectivity index (χ1) is 12.3. The third kappa shape index (κ3) is 4.59. The van der Waals surface area contributed by atoms with E-state index in [0.717, 1.165) is 4.90 Å². The number of urea groups is 1. The average Bonchev–Trinajstić information content (AvgIpc) is 2.85. The molecule has 3 amide bonds. The van der Waals surface area contributed by atoms with E-state index < -0.39 is 5.97 Å². The Morgan fingerprint density at radius 2 is 1.96 bits per heavy atom. The lowest BCUT2D eigenvalue weighted by atomic mass is 10.1. The van der Waals surface area contributed by atoms with Crippen molar-refractivity contribution in [3.8, 4) is 5.75 Å². The van der Waals surface area contributed by atoms with Crippen molar-refractivity contribution in [1.29, 1.82) is 0 Å². The number of hydrogen-bond donors (Lipinski definition) is 0. The van der Waals surface area contributed by atoms with E-state index in [0.29, 0.717) is 23.3 Å². The van der Waals surface area contributed by atoms with Gasteiger partial charge in [0.25, 0.3) is 0 Å². The van der Waals surface area contributed by atoms with Crippen LogP contribution < -0.4 is 4.74 Å². The summed E-state index contributed by atoms with van der Waals surface area (Å²) in [5.41, 5.74) is 1.10. The van der Waals surface area contributed by atoms with Crippen molar-refractivity contribution in [2.24, 2.45) is 0 Å². The Bertz CT molecular complexity index is 730. The quantitative estimate of drug-likeness (QED) is 0.396. The van der Waals surface area contributed by atoms with E-state index >= 15 is 0 Å². The summed E-state index contributed by atoms with van der Waals surface area (Å²) in [5, 5.41) is 0.